The second kappa shape index (κ2) is 10.7. The minimum absolute atomic E-state index is 0.113. The van der Waals surface area contributed by atoms with E-state index < -0.39 is 11.9 Å². The SMILES string of the molecule is C=CCC(N)c1ccccc1-c1ccc(C)c(F)c1.O=C(O)/C=C/C(=O)O. The summed E-state index contributed by atoms with van der Waals surface area (Å²) < 4.78 is 13.7. The predicted molar refractivity (Wildman–Crippen MR) is 103 cm³/mol. The number of hydrogen-bond acceptors (Lipinski definition) is 3. The summed E-state index contributed by atoms with van der Waals surface area (Å²) >= 11 is 0. The maximum absolute atomic E-state index is 13.7. The fourth-order valence-electron chi connectivity index (χ4n) is 2.29. The maximum atomic E-state index is 13.7. The molecule has 2 aromatic carbocycles. The van der Waals surface area contributed by atoms with Crippen LogP contribution < -0.4 is 5.73 Å². The van der Waals surface area contributed by atoms with Gasteiger partial charge >= 0.3 is 11.9 Å². The van der Waals surface area contributed by atoms with Gasteiger partial charge in [-0.1, -0.05) is 42.5 Å². The number of carbonyl (C=O) groups is 2. The predicted octanol–water partition coefficient (Wildman–Crippen LogP) is 4.09. The van der Waals surface area contributed by atoms with Gasteiger partial charge in [-0.15, -0.1) is 6.58 Å². The topological polar surface area (TPSA) is 101 Å². The lowest BCUT2D eigenvalue weighted by Gasteiger charge is -2.15. The van der Waals surface area contributed by atoms with Crippen molar-refractivity contribution in [3.8, 4) is 11.1 Å². The number of hydrogen-bond donors (Lipinski definition) is 3. The largest absolute Gasteiger partial charge is 0.478 e. The molecule has 0 saturated heterocycles. The number of rotatable bonds is 6. The van der Waals surface area contributed by atoms with Crippen LogP contribution in [0.3, 0.4) is 0 Å². The Kier molecular flexibility index (Phi) is 8.62. The molecule has 2 aromatic rings. The third kappa shape index (κ3) is 7.25. The van der Waals surface area contributed by atoms with Gasteiger partial charge in [0.15, 0.2) is 0 Å². The quantitative estimate of drug-likeness (QED) is 0.524. The summed E-state index contributed by atoms with van der Waals surface area (Å²) in [6.07, 6.45) is 3.62. The molecule has 5 nitrogen and oxygen atoms in total. The average Bonchev–Trinajstić information content (AvgIpc) is 2.63. The standard InChI is InChI=1S/C17H18FN.C4H4O4/c1-3-6-17(19)15-8-5-4-7-14(15)13-10-9-12(2)16(18)11-13;5-3(6)1-2-4(7)8/h3-5,7-11,17H,1,6,19H2,2H3;1-2H,(H,5,6)(H,7,8)/b;2-1+. The van der Waals surface area contributed by atoms with Crippen LogP contribution in [0.5, 0.6) is 0 Å². The lowest BCUT2D eigenvalue weighted by Crippen LogP contribution is -2.10. The highest BCUT2D eigenvalue weighted by Crippen LogP contribution is 2.29. The van der Waals surface area contributed by atoms with Crippen LogP contribution in [0.15, 0.2) is 67.3 Å². The Bertz CT molecular complexity index is 830. The second-order valence-electron chi connectivity index (χ2n) is 5.69. The second-order valence-corrected chi connectivity index (χ2v) is 5.69. The van der Waals surface area contributed by atoms with Crippen LogP contribution in [0.25, 0.3) is 11.1 Å². The molecule has 0 bridgehead atoms. The molecule has 0 aliphatic carbocycles. The monoisotopic (exact) mass is 371 g/mol. The van der Waals surface area contributed by atoms with Gasteiger partial charge in [0.1, 0.15) is 5.82 Å². The summed E-state index contributed by atoms with van der Waals surface area (Å²) in [7, 11) is 0. The minimum atomic E-state index is -1.26. The highest BCUT2D eigenvalue weighted by Gasteiger charge is 2.11. The van der Waals surface area contributed by atoms with E-state index in [4.69, 9.17) is 15.9 Å². The zero-order valence-corrected chi connectivity index (χ0v) is 14.9. The van der Waals surface area contributed by atoms with Gasteiger partial charge in [-0.05, 0) is 41.7 Å². The normalized spacial score (nSPS) is 11.4. The van der Waals surface area contributed by atoms with Crippen LogP contribution in [-0.4, -0.2) is 22.2 Å². The molecule has 27 heavy (non-hydrogen) atoms. The van der Waals surface area contributed by atoms with Crippen molar-refractivity contribution in [1.29, 1.82) is 0 Å². The van der Waals surface area contributed by atoms with Gasteiger partial charge in [0, 0.05) is 18.2 Å². The molecule has 0 heterocycles. The van der Waals surface area contributed by atoms with E-state index in [-0.39, 0.29) is 11.9 Å². The third-order valence-electron chi connectivity index (χ3n) is 3.63. The van der Waals surface area contributed by atoms with E-state index in [1.165, 1.54) is 0 Å². The van der Waals surface area contributed by atoms with Gasteiger partial charge in [-0.25, -0.2) is 14.0 Å². The average molecular weight is 371 g/mol. The molecule has 0 aliphatic heterocycles. The molecule has 0 aromatic heterocycles. The van der Waals surface area contributed by atoms with Crippen LogP contribution in [-0.2, 0) is 9.59 Å². The fraction of sp³-hybridized carbons (Fsp3) is 0.143. The molecule has 0 fully saturated rings. The van der Waals surface area contributed by atoms with Gasteiger partial charge < -0.3 is 15.9 Å². The maximum Gasteiger partial charge on any atom is 0.328 e. The van der Waals surface area contributed by atoms with E-state index in [1.54, 1.807) is 25.1 Å². The van der Waals surface area contributed by atoms with E-state index in [1.807, 2.05) is 30.3 Å². The number of carboxylic acids is 2. The van der Waals surface area contributed by atoms with Crippen molar-refractivity contribution in [2.24, 2.45) is 5.73 Å². The van der Waals surface area contributed by atoms with Crippen molar-refractivity contribution < 1.29 is 24.2 Å². The highest BCUT2D eigenvalue weighted by atomic mass is 19.1. The van der Waals surface area contributed by atoms with Crippen molar-refractivity contribution >= 4 is 11.9 Å². The first-order chi connectivity index (χ1) is 12.8. The van der Waals surface area contributed by atoms with Gasteiger partial charge in [0.2, 0.25) is 0 Å². The first-order valence-electron chi connectivity index (χ1n) is 8.12. The fourth-order valence-corrected chi connectivity index (χ4v) is 2.29. The van der Waals surface area contributed by atoms with Gasteiger partial charge in [-0.3, -0.25) is 0 Å². The molecule has 0 spiro atoms. The Morgan fingerprint density at radius 3 is 2.26 bits per heavy atom. The summed E-state index contributed by atoms with van der Waals surface area (Å²) in [6.45, 7) is 5.47. The van der Waals surface area contributed by atoms with E-state index in [2.05, 4.69) is 6.58 Å². The lowest BCUT2D eigenvalue weighted by molar-refractivity contribution is -0.134. The molecular weight excluding hydrogens is 349 g/mol. The van der Waals surface area contributed by atoms with Crippen LogP contribution in [0.1, 0.15) is 23.6 Å². The van der Waals surface area contributed by atoms with Crippen molar-refractivity contribution in [1.82, 2.24) is 0 Å². The van der Waals surface area contributed by atoms with Crippen molar-refractivity contribution in [2.75, 3.05) is 0 Å². The molecule has 1 unspecified atom stereocenters. The van der Waals surface area contributed by atoms with E-state index >= 15 is 0 Å². The van der Waals surface area contributed by atoms with Gasteiger partial charge in [-0.2, -0.15) is 0 Å². The molecule has 6 heteroatoms. The number of nitrogens with two attached hydrogens (primary N) is 1. The van der Waals surface area contributed by atoms with Crippen LogP contribution in [0.4, 0.5) is 4.39 Å². The van der Waals surface area contributed by atoms with Crippen LogP contribution in [0.2, 0.25) is 0 Å². The summed E-state index contributed by atoms with van der Waals surface area (Å²) in [4.78, 5) is 19.1. The van der Waals surface area contributed by atoms with Crippen LogP contribution >= 0.6 is 0 Å². The first-order valence-corrected chi connectivity index (χ1v) is 8.12. The van der Waals surface area contributed by atoms with E-state index in [9.17, 15) is 14.0 Å². The molecular formula is C21H22FNO4. The van der Waals surface area contributed by atoms with Gasteiger partial charge in [0.05, 0.1) is 0 Å². The molecule has 0 amide bonds. The molecule has 0 saturated carbocycles. The number of benzene rings is 2. The first kappa shape index (κ1) is 21.8. The van der Waals surface area contributed by atoms with Crippen LogP contribution in [0, 0.1) is 12.7 Å². The molecule has 142 valence electrons. The number of halogens is 1. The zero-order valence-electron chi connectivity index (χ0n) is 14.9. The Labute approximate surface area is 157 Å². The molecule has 2 rings (SSSR count). The van der Waals surface area contributed by atoms with E-state index in [0.29, 0.717) is 24.1 Å². The Balaban J connectivity index is 0.000000387. The zero-order chi connectivity index (χ0) is 20.4. The summed E-state index contributed by atoms with van der Waals surface area (Å²) in [5.41, 5.74) is 9.66. The molecule has 0 aliphatic rings. The molecule has 4 N–H and O–H groups in total. The Hall–Kier alpha value is -3.25. The smallest absolute Gasteiger partial charge is 0.328 e. The third-order valence-corrected chi connectivity index (χ3v) is 3.63. The van der Waals surface area contributed by atoms with Crippen molar-refractivity contribution in [2.45, 2.75) is 19.4 Å². The number of aryl methyl sites for hydroxylation is 1. The minimum Gasteiger partial charge on any atom is -0.478 e. The summed E-state index contributed by atoms with van der Waals surface area (Å²) in [5, 5.41) is 15.6. The Morgan fingerprint density at radius 1 is 1.15 bits per heavy atom. The lowest BCUT2D eigenvalue weighted by atomic mass is 9.93. The molecule has 1 atom stereocenters. The summed E-state index contributed by atoms with van der Waals surface area (Å²) in [6, 6.07) is 13.0. The summed E-state index contributed by atoms with van der Waals surface area (Å²) in [5.74, 6) is -2.70. The van der Waals surface area contributed by atoms with Crippen molar-refractivity contribution in [3.05, 3.63) is 84.2 Å². The van der Waals surface area contributed by atoms with Crippen molar-refractivity contribution in [3.63, 3.8) is 0 Å². The van der Waals surface area contributed by atoms with Gasteiger partial charge in [0.25, 0.3) is 0 Å². The molecule has 0 radical (unpaired) electrons. The Morgan fingerprint density at radius 2 is 1.74 bits per heavy atom. The highest BCUT2D eigenvalue weighted by molar-refractivity contribution is 5.89. The number of aliphatic carboxylic acids is 2. The number of carboxylic acid groups (broad SMARTS) is 2. The van der Waals surface area contributed by atoms with E-state index in [0.717, 1.165) is 16.7 Å².